The summed E-state index contributed by atoms with van der Waals surface area (Å²) in [4.78, 5) is 0. The number of para-hydroxylation sites is 1. The van der Waals surface area contributed by atoms with E-state index >= 15 is 0 Å². The fourth-order valence-corrected chi connectivity index (χ4v) is 3.79. The molecule has 24 heavy (non-hydrogen) atoms. The first-order chi connectivity index (χ1) is 11.8. The van der Waals surface area contributed by atoms with Crippen molar-refractivity contribution in [3.8, 4) is 11.1 Å². The number of rotatable bonds is 1. The zero-order valence-electron chi connectivity index (χ0n) is 12.8. The molecule has 0 saturated carbocycles. The van der Waals surface area contributed by atoms with Crippen LogP contribution in [0.4, 0.5) is 0 Å². The average Bonchev–Trinajstić information content (AvgIpc) is 3.00. The maximum absolute atomic E-state index is 6.02. The summed E-state index contributed by atoms with van der Waals surface area (Å²) in [6, 6.07) is 27.5. The van der Waals surface area contributed by atoms with Gasteiger partial charge in [0.15, 0.2) is 0 Å². The number of benzene rings is 4. The minimum atomic E-state index is 0.938. The van der Waals surface area contributed by atoms with E-state index in [0.717, 1.165) is 15.6 Å². The lowest BCUT2D eigenvalue weighted by Crippen LogP contribution is -1.80. The summed E-state index contributed by atoms with van der Waals surface area (Å²) >= 11 is 3.56. The van der Waals surface area contributed by atoms with Crippen LogP contribution in [0.25, 0.3) is 43.8 Å². The zero-order valence-corrected chi connectivity index (χ0v) is 14.4. The minimum Gasteiger partial charge on any atom is -0.456 e. The molecule has 0 saturated heterocycles. The van der Waals surface area contributed by atoms with E-state index in [1.165, 1.54) is 32.7 Å². The van der Waals surface area contributed by atoms with Gasteiger partial charge in [0.1, 0.15) is 11.2 Å². The summed E-state index contributed by atoms with van der Waals surface area (Å²) in [6.07, 6.45) is 0. The Morgan fingerprint density at radius 2 is 1.46 bits per heavy atom. The molecule has 0 unspecified atom stereocenters. The topological polar surface area (TPSA) is 13.1 Å². The van der Waals surface area contributed by atoms with E-state index in [1.54, 1.807) is 0 Å². The molecule has 0 amide bonds. The second kappa shape index (κ2) is 5.22. The molecule has 0 spiro atoms. The molecular weight excluding hydrogens is 360 g/mol. The maximum atomic E-state index is 6.02. The van der Waals surface area contributed by atoms with Gasteiger partial charge in [0.05, 0.1) is 0 Å². The van der Waals surface area contributed by atoms with Crippen LogP contribution in [0.5, 0.6) is 0 Å². The molecule has 114 valence electrons. The second-order valence-electron chi connectivity index (χ2n) is 5.98. The summed E-state index contributed by atoms with van der Waals surface area (Å²) in [6.45, 7) is 0. The van der Waals surface area contributed by atoms with Crippen LogP contribution in [0, 0.1) is 0 Å². The van der Waals surface area contributed by atoms with Crippen molar-refractivity contribution >= 4 is 48.6 Å². The molecule has 2 heteroatoms. The highest BCUT2D eigenvalue weighted by Gasteiger charge is 2.11. The van der Waals surface area contributed by atoms with Crippen LogP contribution < -0.4 is 0 Å². The van der Waals surface area contributed by atoms with Gasteiger partial charge < -0.3 is 4.42 Å². The quantitative estimate of drug-likeness (QED) is 0.304. The molecule has 0 fully saturated rings. The predicted octanol–water partition coefficient (Wildman–Crippen LogP) is 7.17. The van der Waals surface area contributed by atoms with Crippen molar-refractivity contribution in [2.45, 2.75) is 0 Å². The Kier molecular flexibility index (Phi) is 3.00. The molecule has 0 aliphatic rings. The third-order valence-electron chi connectivity index (χ3n) is 4.52. The van der Waals surface area contributed by atoms with Crippen molar-refractivity contribution in [3.63, 3.8) is 0 Å². The number of hydrogen-bond acceptors (Lipinski definition) is 1. The van der Waals surface area contributed by atoms with E-state index in [-0.39, 0.29) is 0 Å². The monoisotopic (exact) mass is 372 g/mol. The van der Waals surface area contributed by atoms with Crippen LogP contribution >= 0.6 is 15.9 Å². The molecule has 5 aromatic rings. The Balaban J connectivity index is 1.89. The van der Waals surface area contributed by atoms with E-state index in [9.17, 15) is 0 Å². The van der Waals surface area contributed by atoms with E-state index in [2.05, 4.69) is 76.6 Å². The van der Waals surface area contributed by atoms with E-state index in [4.69, 9.17) is 4.42 Å². The molecule has 0 aliphatic carbocycles. The molecule has 0 radical (unpaired) electrons. The fraction of sp³-hybridized carbons (Fsp3) is 0. The third-order valence-corrected chi connectivity index (χ3v) is 5.01. The predicted molar refractivity (Wildman–Crippen MR) is 104 cm³/mol. The lowest BCUT2D eigenvalue weighted by atomic mass is 9.98. The van der Waals surface area contributed by atoms with Gasteiger partial charge in [0, 0.05) is 15.2 Å². The van der Waals surface area contributed by atoms with Crippen molar-refractivity contribution in [2.24, 2.45) is 0 Å². The van der Waals surface area contributed by atoms with Crippen LogP contribution in [-0.2, 0) is 0 Å². The highest BCUT2D eigenvalue weighted by molar-refractivity contribution is 9.10. The largest absolute Gasteiger partial charge is 0.456 e. The second-order valence-corrected chi connectivity index (χ2v) is 6.90. The first-order valence-corrected chi connectivity index (χ1v) is 8.69. The Morgan fingerprint density at radius 1 is 0.625 bits per heavy atom. The molecule has 0 N–H and O–H groups in total. The van der Waals surface area contributed by atoms with Crippen molar-refractivity contribution in [3.05, 3.63) is 83.3 Å². The van der Waals surface area contributed by atoms with Crippen LogP contribution in [-0.4, -0.2) is 0 Å². The number of furan rings is 1. The van der Waals surface area contributed by atoms with Gasteiger partial charge in [0.2, 0.25) is 0 Å². The number of hydrogen-bond donors (Lipinski definition) is 0. The smallest absolute Gasteiger partial charge is 0.136 e. The van der Waals surface area contributed by atoms with Gasteiger partial charge >= 0.3 is 0 Å². The first-order valence-electron chi connectivity index (χ1n) is 7.89. The lowest BCUT2D eigenvalue weighted by Gasteiger charge is -2.06. The summed E-state index contributed by atoms with van der Waals surface area (Å²) in [7, 11) is 0. The molecule has 4 aromatic carbocycles. The minimum absolute atomic E-state index is 0.938. The Morgan fingerprint density at radius 3 is 2.38 bits per heavy atom. The summed E-state index contributed by atoms with van der Waals surface area (Å²) in [5.74, 6) is 0. The van der Waals surface area contributed by atoms with Gasteiger partial charge in [-0.2, -0.15) is 0 Å². The van der Waals surface area contributed by atoms with Gasteiger partial charge in [-0.15, -0.1) is 0 Å². The number of halogens is 1. The zero-order chi connectivity index (χ0) is 16.1. The fourth-order valence-electron chi connectivity index (χ4n) is 3.39. The molecule has 1 aromatic heterocycles. The standard InChI is InChI=1S/C22H13BrO/c23-17-5-3-4-15(12-17)16-9-8-14-10-11-21-22(19(14)13-16)18-6-1-2-7-20(18)24-21/h1-13H. The lowest BCUT2D eigenvalue weighted by molar-refractivity contribution is 0.669. The van der Waals surface area contributed by atoms with Crippen molar-refractivity contribution in [2.75, 3.05) is 0 Å². The highest BCUT2D eigenvalue weighted by Crippen LogP contribution is 2.36. The van der Waals surface area contributed by atoms with Crippen molar-refractivity contribution in [1.82, 2.24) is 0 Å². The van der Waals surface area contributed by atoms with E-state index in [0.29, 0.717) is 0 Å². The van der Waals surface area contributed by atoms with Gasteiger partial charge in [-0.05, 0) is 52.2 Å². The Labute approximate surface area is 147 Å². The third kappa shape index (κ3) is 2.07. The van der Waals surface area contributed by atoms with Crippen LogP contribution in [0.15, 0.2) is 87.8 Å². The number of fused-ring (bicyclic) bond motifs is 5. The van der Waals surface area contributed by atoms with Gasteiger partial charge in [0.25, 0.3) is 0 Å². The average molecular weight is 373 g/mol. The Hall–Kier alpha value is -2.58. The molecule has 0 bridgehead atoms. The normalized spacial score (nSPS) is 11.5. The molecule has 0 aliphatic heterocycles. The van der Waals surface area contributed by atoms with Crippen molar-refractivity contribution < 1.29 is 4.42 Å². The highest BCUT2D eigenvalue weighted by atomic mass is 79.9. The maximum Gasteiger partial charge on any atom is 0.136 e. The molecule has 5 rings (SSSR count). The molecule has 1 heterocycles. The molecular formula is C22H13BrO. The van der Waals surface area contributed by atoms with Crippen molar-refractivity contribution in [1.29, 1.82) is 0 Å². The molecule has 1 nitrogen and oxygen atoms in total. The van der Waals surface area contributed by atoms with Crippen LogP contribution in [0.3, 0.4) is 0 Å². The Bertz CT molecular complexity index is 1220. The van der Waals surface area contributed by atoms with Gasteiger partial charge in [-0.3, -0.25) is 0 Å². The van der Waals surface area contributed by atoms with Gasteiger partial charge in [-0.1, -0.05) is 64.5 Å². The van der Waals surface area contributed by atoms with Gasteiger partial charge in [-0.25, -0.2) is 0 Å². The molecule has 0 atom stereocenters. The van der Waals surface area contributed by atoms with Crippen LogP contribution in [0.1, 0.15) is 0 Å². The first kappa shape index (κ1) is 13.8. The van der Waals surface area contributed by atoms with Crippen LogP contribution in [0.2, 0.25) is 0 Å². The summed E-state index contributed by atoms with van der Waals surface area (Å²) in [5.41, 5.74) is 4.29. The summed E-state index contributed by atoms with van der Waals surface area (Å²) in [5, 5.41) is 4.83. The summed E-state index contributed by atoms with van der Waals surface area (Å²) < 4.78 is 7.11. The van der Waals surface area contributed by atoms with E-state index < -0.39 is 0 Å². The SMILES string of the molecule is Brc1cccc(-c2ccc3ccc4oc5ccccc5c4c3c2)c1. The van der Waals surface area contributed by atoms with E-state index in [1.807, 2.05) is 18.2 Å².